The highest BCUT2D eigenvalue weighted by Gasteiger charge is 2.18. The standard InChI is InChI=1S/C14H16N2S2.2ClH/c1-2-8-16-12(3-1)13-4-5-14(18-13)17-11-6-9-15-10-7-11;;/h1-5,8,11,15H,6-7,9-10H2;2*1H. The van der Waals surface area contributed by atoms with Gasteiger partial charge in [-0.1, -0.05) is 0 Å². The second-order valence-corrected chi connectivity index (χ2v) is 7.26. The molecule has 0 amide bonds. The first kappa shape index (κ1) is 17.8. The fourth-order valence-electron chi connectivity index (χ4n) is 2.25. The number of thioether (sulfide) groups is 1. The van der Waals surface area contributed by atoms with Crippen molar-refractivity contribution in [2.45, 2.75) is 22.3 Å². The first-order valence-corrected chi connectivity index (χ1v) is 8.17. The van der Waals surface area contributed by atoms with Crippen LogP contribution in [0.5, 0.6) is 0 Å². The summed E-state index contributed by atoms with van der Waals surface area (Å²) in [5, 5.41) is 3.25. The third-order valence-electron chi connectivity index (χ3n) is 3.22. The average Bonchev–Trinajstić information content (AvgIpc) is 2.89. The molecule has 3 N–H and O–H groups in total. The van der Waals surface area contributed by atoms with Gasteiger partial charge >= 0.3 is 0 Å². The van der Waals surface area contributed by atoms with Gasteiger partial charge in [0.15, 0.2) is 6.20 Å². The van der Waals surface area contributed by atoms with Gasteiger partial charge in [0.1, 0.15) is 0 Å². The zero-order chi connectivity index (χ0) is 12.2. The molecule has 0 aliphatic carbocycles. The van der Waals surface area contributed by atoms with E-state index in [0.717, 1.165) is 5.25 Å². The molecule has 1 saturated heterocycles. The second-order valence-electron chi connectivity index (χ2n) is 4.58. The predicted molar refractivity (Wildman–Crippen MR) is 76.8 cm³/mol. The minimum Gasteiger partial charge on any atom is -1.00 e. The van der Waals surface area contributed by atoms with E-state index in [1.165, 1.54) is 40.7 Å². The minimum absolute atomic E-state index is 0. The van der Waals surface area contributed by atoms with Crippen LogP contribution in [0.4, 0.5) is 0 Å². The van der Waals surface area contributed by atoms with E-state index >= 15 is 0 Å². The van der Waals surface area contributed by atoms with Crippen molar-refractivity contribution in [3.8, 4) is 10.6 Å². The Morgan fingerprint density at radius 3 is 2.60 bits per heavy atom. The normalized spacial score (nSPS) is 15.2. The molecule has 3 rings (SSSR count). The maximum atomic E-state index is 3.30. The monoisotopic (exact) mass is 348 g/mol. The molecule has 1 aliphatic rings. The third-order valence-corrected chi connectivity index (χ3v) is 5.85. The number of rotatable bonds is 3. The topological polar surface area (TPSA) is 30.8 Å². The van der Waals surface area contributed by atoms with Crippen LogP contribution in [0.15, 0.2) is 40.7 Å². The SMILES string of the molecule is [Cl-].[Cl-].c1ccc(-c2ccc(SC3CC[NH2+]CC3)s2)[nH+]c1. The molecule has 110 valence electrons. The van der Waals surface area contributed by atoms with Crippen LogP contribution in [0.3, 0.4) is 0 Å². The number of piperidine rings is 1. The van der Waals surface area contributed by atoms with Crippen LogP contribution in [0.25, 0.3) is 10.6 Å². The van der Waals surface area contributed by atoms with Crippen molar-refractivity contribution in [3.63, 3.8) is 0 Å². The van der Waals surface area contributed by atoms with E-state index < -0.39 is 0 Å². The lowest BCUT2D eigenvalue weighted by Gasteiger charge is -2.18. The predicted octanol–water partition coefficient (Wildman–Crippen LogP) is -3.94. The summed E-state index contributed by atoms with van der Waals surface area (Å²) in [6, 6.07) is 10.7. The number of aromatic nitrogens is 1. The number of nitrogens with two attached hydrogens (primary N) is 1. The van der Waals surface area contributed by atoms with Gasteiger partial charge in [0.25, 0.3) is 0 Å². The Balaban J connectivity index is 0.000001000. The van der Waals surface area contributed by atoms with Gasteiger partial charge in [0, 0.05) is 30.2 Å². The molecule has 0 unspecified atom stereocenters. The maximum absolute atomic E-state index is 3.30. The molecule has 2 aromatic heterocycles. The lowest BCUT2D eigenvalue weighted by Crippen LogP contribution is -3.00. The van der Waals surface area contributed by atoms with Crippen LogP contribution in [0, 0.1) is 0 Å². The van der Waals surface area contributed by atoms with E-state index in [4.69, 9.17) is 0 Å². The summed E-state index contributed by atoms with van der Waals surface area (Å²) >= 11 is 3.97. The van der Waals surface area contributed by atoms with E-state index in [1.54, 1.807) is 0 Å². The van der Waals surface area contributed by atoms with Crippen LogP contribution in [0.2, 0.25) is 0 Å². The number of halogens is 2. The summed E-state index contributed by atoms with van der Waals surface area (Å²) in [5.41, 5.74) is 1.21. The highest BCUT2D eigenvalue weighted by molar-refractivity contribution is 8.01. The molecule has 1 aliphatic heterocycles. The Morgan fingerprint density at radius 1 is 1.10 bits per heavy atom. The van der Waals surface area contributed by atoms with Gasteiger partial charge in [-0.05, 0) is 18.2 Å². The van der Waals surface area contributed by atoms with Gasteiger partial charge in [-0.15, -0.1) is 23.1 Å². The summed E-state index contributed by atoms with van der Waals surface area (Å²) < 4.78 is 1.45. The molecule has 3 heterocycles. The van der Waals surface area contributed by atoms with Gasteiger partial charge in [0.2, 0.25) is 5.69 Å². The molecular formula is C14H18Cl2N2S2. The van der Waals surface area contributed by atoms with Gasteiger partial charge in [-0.2, -0.15) is 0 Å². The summed E-state index contributed by atoms with van der Waals surface area (Å²) in [6.07, 6.45) is 4.67. The lowest BCUT2D eigenvalue weighted by atomic mass is 10.2. The van der Waals surface area contributed by atoms with Crippen molar-refractivity contribution in [3.05, 3.63) is 36.5 Å². The van der Waals surface area contributed by atoms with Crippen molar-refractivity contribution in [2.24, 2.45) is 0 Å². The van der Waals surface area contributed by atoms with Crippen molar-refractivity contribution in [2.75, 3.05) is 13.1 Å². The molecule has 6 heteroatoms. The number of hydrogen-bond donors (Lipinski definition) is 1. The zero-order valence-corrected chi connectivity index (χ0v) is 14.2. The first-order chi connectivity index (χ1) is 8.92. The molecule has 0 radical (unpaired) electrons. The second kappa shape index (κ2) is 8.90. The highest BCUT2D eigenvalue weighted by Crippen LogP contribution is 2.36. The van der Waals surface area contributed by atoms with Gasteiger partial charge in [-0.3, -0.25) is 0 Å². The number of nitrogens with one attached hydrogen (secondary N) is 1. The molecule has 0 aromatic carbocycles. The number of aromatic amines is 1. The fourth-order valence-corrected chi connectivity index (χ4v) is 4.83. The van der Waals surface area contributed by atoms with Crippen LogP contribution in [-0.2, 0) is 0 Å². The van der Waals surface area contributed by atoms with E-state index in [9.17, 15) is 0 Å². The van der Waals surface area contributed by atoms with E-state index in [0.29, 0.717) is 0 Å². The Kier molecular flexibility index (Phi) is 7.92. The quantitative estimate of drug-likeness (QED) is 0.603. The van der Waals surface area contributed by atoms with Crippen molar-refractivity contribution in [1.82, 2.24) is 0 Å². The Labute approximate surface area is 140 Å². The zero-order valence-electron chi connectivity index (χ0n) is 11.0. The van der Waals surface area contributed by atoms with Crippen LogP contribution in [-0.4, -0.2) is 18.3 Å². The molecule has 0 spiro atoms. The number of hydrogen-bond acceptors (Lipinski definition) is 2. The number of pyridine rings is 1. The highest BCUT2D eigenvalue weighted by atomic mass is 35.5. The molecule has 1 fully saturated rings. The van der Waals surface area contributed by atoms with Gasteiger partial charge in [-0.25, -0.2) is 4.98 Å². The van der Waals surface area contributed by atoms with Crippen LogP contribution < -0.4 is 35.1 Å². The number of thiophene rings is 1. The lowest BCUT2D eigenvalue weighted by molar-refractivity contribution is -0.661. The van der Waals surface area contributed by atoms with Crippen molar-refractivity contribution >= 4 is 23.1 Å². The smallest absolute Gasteiger partial charge is 0.220 e. The molecular weight excluding hydrogens is 331 g/mol. The largest absolute Gasteiger partial charge is 1.00 e. The number of H-pyrrole nitrogens is 1. The Bertz CT molecular complexity index is 499. The first-order valence-electron chi connectivity index (χ1n) is 6.47. The molecule has 2 nitrogen and oxygen atoms in total. The van der Waals surface area contributed by atoms with E-state index in [-0.39, 0.29) is 24.8 Å². The summed E-state index contributed by atoms with van der Waals surface area (Å²) in [4.78, 5) is 4.63. The van der Waals surface area contributed by atoms with E-state index in [2.05, 4.69) is 46.3 Å². The van der Waals surface area contributed by atoms with Crippen molar-refractivity contribution in [1.29, 1.82) is 0 Å². The fraction of sp³-hybridized carbons (Fsp3) is 0.357. The Morgan fingerprint density at radius 2 is 1.90 bits per heavy atom. The molecule has 0 atom stereocenters. The van der Waals surface area contributed by atoms with Crippen LogP contribution >= 0.6 is 23.1 Å². The van der Waals surface area contributed by atoms with Gasteiger partial charge in [0.05, 0.1) is 22.2 Å². The van der Waals surface area contributed by atoms with Crippen molar-refractivity contribution < 1.29 is 35.1 Å². The summed E-state index contributed by atoms with van der Waals surface area (Å²) in [5.74, 6) is 0. The molecule has 0 saturated carbocycles. The number of quaternary nitrogens is 1. The summed E-state index contributed by atoms with van der Waals surface area (Å²) in [6.45, 7) is 2.59. The van der Waals surface area contributed by atoms with Crippen LogP contribution in [0.1, 0.15) is 12.8 Å². The third kappa shape index (κ3) is 4.64. The molecule has 20 heavy (non-hydrogen) atoms. The Hall–Kier alpha value is -0.260. The minimum atomic E-state index is 0. The molecule has 0 bridgehead atoms. The molecule has 2 aromatic rings. The van der Waals surface area contributed by atoms with E-state index in [1.807, 2.05) is 23.6 Å². The average molecular weight is 349 g/mol. The summed E-state index contributed by atoms with van der Waals surface area (Å²) in [7, 11) is 0. The van der Waals surface area contributed by atoms with Gasteiger partial charge < -0.3 is 30.1 Å². The maximum Gasteiger partial charge on any atom is 0.220 e.